The molecular weight excluding hydrogens is 327 g/mol. The van der Waals surface area contributed by atoms with Gasteiger partial charge in [0.25, 0.3) is 0 Å². The van der Waals surface area contributed by atoms with Gasteiger partial charge in [0.15, 0.2) is 0 Å². The maximum absolute atomic E-state index is 11.9. The number of amides is 1. The fraction of sp³-hybridized carbons (Fsp3) is 0.333. The zero-order valence-corrected chi connectivity index (χ0v) is 13.5. The molecule has 22 heavy (non-hydrogen) atoms. The number of esters is 1. The van der Waals surface area contributed by atoms with Gasteiger partial charge in [0.2, 0.25) is 5.91 Å². The average Bonchev–Trinajstić information content (AvgIpc) is 2.92. The summed E-state index contributed by atoms with van der Waals surface area (Å²) in [5.41, 5.74) is 5.70. The van der Waals surface area contributed by atoms with E-state index in [-0.39, 0.29) is 31.5 Å². The molecule has 1 amide bonds. The topological polar surface area (TPSA) is 81.4 Å². The molecule has 0 aliphatic heterocycles. The van der Waals surface area contributed by atoms with Crippen molar-refractivity contribution in [3.63, 3.8) is 0 Å². The number of hydrogen-bond acceptors (Lipinski definition) is 4. The van der Waals surface area contributed by atoms with Crippen LogP contribution in [-0.4, -0.2) is 24.0 Å². The van der Waals surface area contributed by atoms with Crippen molar-refractivity contribution in [1.82, 2.24) is 5.32 Å². The van der Waals surface area contributed by atoms with E-state index in [9.17, 15) is 9.59 Å². The van der Waals surface area contributed by atoms with Gasteiger partial charge in [-0.15, -0.1) is 12.4 Å². The van der Waals surface area contributed by atoms with Crippen LogP contribution in [0.4, 0.5) is 0 Å². The predicted molar refractivity (Wildman–Crippen MR) is 86.8 cm³/mol. The Hall–Kier alpha value is -1.56. The summed E-state index contributed by atoms with van der Waals surface area (Å²) in [6.45, 7) is -0.133. The summed E-state index contributed by atoms with van der Waals surface area (Å²) in [5.74, 6) is -0.875. The van der Waals surface area contributed by atoms with Gasteiger partial charge in [0, 0.05) is 10.6 Å². The smallest absolute Gasteiger partial charge is 0.325 e. The molecule has 1 aliphatic rings. The Balaban J connectivity index is 0.00000242. The Morgan fingerprint density at radius 1 is 1.27 bits per heavy atom. The van der Waals surface area contributed by atoms with Crippen molar-refractivity contribution >= 4 is 35.9 Å². The largest absolute Gasteiger partial charge is 0.459 e. The standard InChI is InChI=1S/C15H17ClN2O3.ClH/c16-12-6-2-1-5-11(12)10-21-13(19)9-18-14(20)15(17)7-3-4-8-15;/h1-6H,7-10,17H2,(H,18,20);1H. The van der Waals surface area contributed by atoms with E-state index in [0.29, 0.717) is 23.4 Å². The van der Waals surface area contributed by atoms with Gasteiger partial charge in [-0.2, -0.15) is 0 Å². The zero-order valence-electron chi connectivity index (χ0n) is 11.9. The third-order valence-electron chi connectivity index (χ3n) is 3.32. The van der Waals surface area contributed by atoms with Gasteiger partial charge >= 0.3 is 5.97 Å². The highest BCUT2D eigenvalue weighted by atomic mass is 35.5. The maximum Gasteiger partial charge on any atom is 0.325 e. The van der Waals surface area contributed by atoms with Crippen LogP contribution in [0.25, 0.3) is 0 Å². The summed E-state index contributed by atoms with van der Waals surface area (Å²) in [4.78, 5) is 23.5. The number of carbonyl (C=O) groups excluding carboxylic acids is 2. The molecule has 3 N–H and O–H groups in total. The molecule has 7 heteroatoms. The molecule has 0 aromatic heterocycles. The Morgan fingerprint density at radius 2 is 1.91 bits per heavy atom. The number of nitrogens with two attached hydrogens (primary N) is 1. The first-order valence-corrected chi connectivity index (χ1v) is 7.00. The van der Waals surface area contributed by atoms with Crippen molar-refractivity contribution in [3.05, 3.63) is 47.0 Å². The Kier molecular flexibility index (Phi) is 6.87. The van der Waals surface area contributed by atoms with Crippen molar-refractivity contribution in [3.8, 4) is 0 Å². The summed E-state index contributed by atoms with van der Waals surface area (Å²) < 4.78 is 5.06. The third-order valence-corrected chi connectivity index (χ3v) is 3.69. The van der Waals surface area contributed by atoms with Gasteiger partial charge < -0.3 is 15.8 Å². The molecule has 1 aromatic carbocycles. The molecule has 1 aliphatic carbocycles. The fourth-order valence-corrected chi connectivity index (χ4v) is 2.20. The molecular formula is C15H18Cl2N2O3. The zero-order chi connectivity index (χ0) is 15.3. The molecule has 0 fully saturated rings. The van der Waals surface area contributed by atoms with Crippen LogP contribution in [0.5, 0.6) is 0 Å². The van der Waals surface area contributed by atoms with Gasteiger partial charge in [-0.25, -0.2) is 0 Å². The molecule has 0 bridgehead atoms. The summed E-state index contributed by atoms with van der Waals surface area (Å²) in [6.07, 6.45) is 4.67. The number of benzene rings is 1. The van der Waals surface area contributed by atoms with Crippen LogP contribution in [-0.2, 0) is 20.9 Å². The van der Waals surface area contributed by atoms with Gasteiger partial charge in [-0.3, -0.25) is 9.59 Å². The number of halogens is 2. The summed E-state index contributed by atoms with van der Waals surface area (Å²) in [7, 11) is 0. The first kappa shape index (κ1) is 18.5. The molecule has 5 nitrogen and oxygen atoms in total. The monoisotopic (exact) mass is 344 g/mol. The minimum atomic E-state index is -0.941. The number of nitrogens with one attached hydrogen (secondary N) is 1. The van der Waals surface area contributed by atoms with Crippen LogP contribution in [0.15, 0.2) is 36.4 Å². The van der Waals surface area contributed by atoms with Crippen LogP contribution in [0.1, 0.15) is 18.4 Å². The Labute approximate surface area is 140 Å². The SMILES string of the molecule is Cl.NC1(C(=O)NCC(=O)OCc2ccccc2Cl)CC=CC1. The van der Waals surface area contributed by atoms with Crippen molar-refractivity contribution in [2.24, 2.45) is 5.73 Å². The maximum atomic E-state index is 11.9. The second-order valence-corrected chi connectivity index (χ2v) is 5.38. The second-order valence-electron chi connectivity index (χ2n) is 4.97. The number of hydrogen-bond donors (Lipinski definition) is 2. The van der Waals surface area contributed by atoms with Crippen LogP contribution < -0.4 is 11.1 Å². The number of ether oxygens (including phenoxy) is 1. The van der Waals surface area contributed by atoms with Crippen LogP contribution in [0.2, 0.25) is 5.02 Å². The Bertz CT molecular complexity index is 568. The predicted octanol–water partition coefficient (Wildman–Crippen LogP) is 1.97. The van der Waals surface area contributed by atoms with Gasteiger partial charge in [-0.05, 0) is 18.9 Å². The molecule has 0 heterocycles. The minimum absolute atomic E-state index is 0. The molecule has 0 atom stereocenters. The molecule has 120 valence electrons. The molecule has 0 spiro atoms. The summed E-state index contributed by atoms with van der Waals surface area (Å²) in [5, 5.41) is 3.04. The van der Waals surface area contributed by atoms with E-state index in [2.05, 4.69) is 5.32 Å². The number of rotatable bonds is 5. The fourth-order valence-electron chi connectivity index (χ4n) is 2.01. The van der Waals surface area contributed by atoms with Crippen LogP contribution in [0, 0.1) is 0 Å². The quantitative estimate of drug-likeness (QED) is 0.632. The van der Waals surface area contributed by atoms with E-state index in [4.69, 9.17) is 22.1 Å². The molecule has 0 saturated heterocycles. The lowest BCUT2D eigenvalue weighted by molar-refractivity contribution is -0.145. The second kappa shape index (κ2) is 8.17. The first-order valence-electron chi connectivity index (χ1n) is 6.62. The average molecular weight is 345 g/mol. The summed E-state index contributed by atoms with van der Waals surface area (Å²) in [6, 6.07) is 7.09. The highest BCUT2D eigenvalue weighted by Gasteiger charge is 2.34. The van der Waals surface area contributed by atoms with E-state index < -0.39 is 11.5 Å². The van der Waals surface area contributed by atoms with Crippen molar-refractivity contribution in [1.29, 1.82) is 0 Å². The van der Waals surface area contributed by atoms with E-state index in [1.165, 1.54) is 0 Å². The van der Waals surface area contributed by atoms with Crippen LogP contribution in [0.3, 0.4) is 0 Å². The molecule has 2 rings (SSSR count). The lowest BCUT2D eigenvalue weighted by Crippen LogP contribution is -2.53. The first-order chi connectivity index (χ1) is 10.0. The highest BCUT2D eigenvalue weighted by Crippen LogP contribution is 2.20. The minimum Gasteiger partial charge on any atom is -0.459 e. The third kappa shape index (κ3) is 4.73. The van der Waals surface area contributed by atoms with Crippen molar-refractivity contribution in [2.45, 2.75) is 25.0 Å². The van der Waals surface area contributed by atoms with Gasteiger partial charge in [0.05, 0.1) is 0 Å². The van der Waals surface area contributed by atoms with E-state index in [1.54, 1.807) is 18.2 Å². The molecule has 0 saturated carbocycles. The highest BCUT2D eigenvalue weighted by molar-refractivity contribution is 6.31. The molecule has 0 unspecified atom stereocenters. The van der Waals surface area contributed by atoms with Crippen molar-refractivity contribution in [2.75, 3.05) is 6.54 Å². The number of carbonyl (C=O) groups is 2. The normalized spacial score (nSPS) is 15.0. The Morgan fingerprint density at radius 3 is 2.55 bits per heavy atom. The summed E-state index contributed by atoms with van der Waals surface area (Å²) >= 11 is 5.96. The lowest BCUT2D eigenvalue weighted by atomic mass is 9.97. The molecule has 1 aromatic rings. The molecule has 0 radical (unpaired) electrons. The van der Waals surface area contributed by atoms with E-state index in [1.807, 2.05) is 18.2 Å². The van der Waals surface area contributed by atoms with Gasteiger partial charge in [0.1, 0.15) is 18.7 Å². The van der Waals surface area contributed by atoms with Crippen LogP contribution >= 0.6 is 24.0 Å². The lowest BCUT2D eigenvalue weighted by Gasteiger charge is -2.21. The van der Waals surface area contributed by atoms with Crippen molar-refractivity contribution < 1.29 is 14.3 Å². The van der Waals surface area contributed by atoms with E-state index in [0.717, 1.165) is 0 Å². The van der Waals surface area contributed by atoms with Gasteiger partial charge in [-0.1, -0.05) is 42.0 Å². The van der Waals surface area contributed by atoms with E-state index >= 15 is 0 Å².